The summed E-state index contributed by atoms with van der Waals surface area (Å²) in [6, 6.07) is 9.11. The fraction of sp³-hybridized carbons (Fsp3) is 0.367. The van der Waals surface area contributed by atoms with Crippen molar-refractivity contribution in [3.63, 3.8) is 0 Å². The van der Waals surface area contributed by atoms with Gasteiger partial charge in [-0.05, 0) is 74.4 Å². The minimum atomic E-state index is -0.506. The molecule has 8 heteroatoms. The lowest BCUT2D eigenvalue weighted by Gasteiger charge is -2.42. The van der Waals surface area contributed by atoms with E-state index in [0.29, 0.717) is 29.6 Å². The Bertz CT molecular complexity index is 1360. The summed E-state index contributed by atoms with van der Waals surface area (Å²) in [6.45, 7) is 3.64. The summed E-state index contributed by atoms with van der Waals surface area (Å²) in [7, 11) is 1.96. The first-order chi connectivity index (χ1) is 18.2. The molecule has 198 valence electrons. The van der Waals surface area contributed by atoms with E-state index < -0.39 is 5.92 Å². The highest BCUT2D eigenvalue weighted by Crippen LogP contribution is 2.50. The third-order valence-corrected chi connectivity index (χ3v) is 8.39. The number of ketones is 2. The van der Waals surface area contributed by atoms with Crippen LogP contribution < -0.4 is 10.1 Å². The van der Waals surface area contributed by atoms with Crippen LogP contribution >= 0.6 is 23.2 Å². The van der Waals surface area contributed by atoms with Gasteiger partial charge in [-0.2, -0.15) is 0 Å². The lowest BCUT2D eigenvalue weighted by molar-refractivity contribution is -0.118. The van der Waals surface area contributed by atoms with Gasteiger partial charge < -0.3 is 15.0 Å². The quantitative estimate of drug-likeness (QED) is 0.448. The summed E-state index contributed by atoms with van der Waals surface area (Å²) in [6.07, 6.45) is 4.08. The fourth-order valence-electron chi connectivity index (χ4n) is 5.78. The number of nitrogens with one attached hydrogen (secondary N) is 1. The van der Waals surface area contributed by atoms with Crippen molar-refractivity contribution < 1.29 is 19.1 Å². The molecule has 3 aliphatic rings. The highest BCUT2D eigenvalue weighted by Gasteiger charge is 2.42. The van der Waals surface area contributed by atoms with Crippen LogP contribution in [0.4, 0.5) is 5.69 Å². The number of anilines is 1. The molecule has 1 aliphatic heterocycles. The lowest BCUT2D eigenvalue weighted by Crippen LogP contribution is -2.37. The average Bonchev–Trinajstić information content (AvgIpc) is 2.87. The molecule has 0 fully saturated rings. The smallest absolute Gasteiger partial charge is 0.262 e. The van der Waals surface area contributed by atoms with E-state index in [2.05, 4.69) is 10.2 Å². The van der Waals surface area contributed by atoms with Crippen LogP contribution in [0.15, 0.2) is 52.9 Å². The van der Waals surface area contributed by atoms with Gasteiger partial charge in [0.1, 0.15) is 0 Å². The SMILES string of the molecule is Cc1cccc(NC(=O)COc2c(Cl)cc(C3C4=C(CCCC4=O)N(C)C4=C3C(=O)CCC4)cc2Cl)c1C. The maximum absolute atomic E-state index is 13.2. The van der Waals surface area contributed by atoms with Gasteiger partial charge in [0.25, 0.3) is 5.91 Å². The summed E-state index contributed by atoms with van der Waals surface area (Å²) in [5, 5.41) is 3.31. The number of Topliss-reactive ketones (excluding diaryl/α,β-unsaturated/α-hetero) is 2. The first kappa shape index (κ1) is 26.5. The second-order valence-corrected chi connectivity index (χ2v) is 11.0. The molecule has 0 saturated heterocycles. The Balaban J connectivity index is 1.44. The summed E-state index contributed by atoms with van der Waals surface area (Å²) in [5.74, 6) is -0.536. The van der Waals surface area contributed by atoms with Gasteiger partial charge in [0.15, 0.2) is 23.9 Å². The Kier molecular flexibility index (Phi) is 7.38. The molecule has 5 rings (SSSR count). The van der Waals surface area contributed by atoms with Gasteiger partial charge in [-0.25, -0.2) is 0 Å². The summed E-state index contributed by atoms with van der Waals surface area (Å²) in [4.78, 5) is 41.0. The van der Waals surface area contributed by atoms with E-state index in [4.69, 9.17) is 27.9 Å². The van der Waals surface area contributed by atoms with Crippen LogP contribution in [0.25, 0.3) is 0 Å². The molecular formula is C30H30Cl2N2O4. The molecule has 2 aliphatic carbocycles. The number of nitrogens with zero attached hydrogens (tertiary/aromatic N) is 1. The Labute approximate surface area is 232 Å². The number of benzene rings is 2. The number of hydrogen-bond acceptors (Lipinski definition) is 5. The van der Waals surface area contributed by atoms with E-state index in [1.807, 2.05) is 39.1 Å². The highest BCUT2D eigenvalue weighted by atomic mass is 35.5. The van der Waals surface area contributed by atoms with Crippen LogP contribution in [0.2, 0.25) is 10.0 Å². The molecule has 38 heavy (non-hydrogen) atoms. The number of halogens is 2. The van der Waals surface area contributed by atoms with Crippen molar-refractivity contribution >= 4 is 46.4 Å². The van der Waals surface area contributed by atoms with Crippen molar-refractivity contribution in [2.24, 2.45) is 0 Å². The predicted octanol–water partition coefficient (Wildman–Crippen LogP) is 6.67. The van der Waals surface area contributed by atoms with Gasteiger partial charge >= 0.3 is 0 Å². The maximum Gasteiger partial charge on any atom is 0.262 e. The van der Waals surface area contributed by atoms with Crippen LogP contribution in [0, 0.1) is 13.8 Å². The van der Waals surface area contributed by atoms with Crippen LogP contribution in [0.1, 0.15) is 61.1 Å². The van der Waals surface area contributed by atoms with Gasteiger partial charge in [-0.1, -0.05) is 35.3 Å². The molecular weight excluding hydrogens is 523 g/mol. The second-order valence-electron chi connectivity index (χ2n) is 10.2. The topological polar surface area (TPSA) is 75.7 Å². The van der Waals surface area contributed by atoms with Gasteiger partial charge in [-0.3, -0.25) is 14.4 Å². The zero-order chi connectivity index (χ0) is 27.1. The second kappa shape index (κ2) is 10.6. The number of rotatable bonds is 5. The first-order valence-corrected chi connectivity index (χ1v) is 13.7. The van der Waals surface area contributed by atoms with Crippen molar-refractivity contribution in [3.05, 3.63) is 79.6 Å². The molecule has 1 N–H and O–H groups in total. The first-order valence-electron chi connectivity index (χ1n) is 12.9. The third-order valence-electron chi connectivity index (χ3n) is 7.82. The van der Waals surface area contributed by atoms with E-state index >= 15 is 0 Å². The van der Waals surface area contributed by atoms with Crippen molar-refractivity contribution in [1.82, 2.24) is 4.90 Å². The van der Waals surface area contributed by atoms with Gasteiger partial charge in [0.2, 0.25) is 0 Å². The number of aryl methyl sites for hydroxylation is 1. The molecule has 2 aromatic carbocycles. The van der Waals surface area contributed by atoms with E-state index in [1.165, 1.54) is 0 Å². The molecule has 1 heterocycles. The molecule has 0 bridgehead atoms. The minimum absolute atomic E-state index is 0.0590. The Morgan fingerprint density at radius 3 is 2.13 bits per heavy atom. The molecule has 0 radical (unpaired) electrons. The number of amides is 1. The standard InChI is InChI=1S/C30H30Cl2N2O4/c1-16-7-4-8-21(17(16)2)33-26(37)15-38-30-19(31)13-18(14-20(30)32)27-28-22(9-5-11-24(28)35)34(3)23-10-6-12-25(36)29(23)27/h4,7-8,13-14,27H,5-6,9-12,15H2,1-3H3,(H,33,37). The molecule has 6 nitrogen and oxygen atoms in total. The molecule has 0 spiro atoms. The van der Waals surface area contributed by atoms with Crippen molar-refractivity contribution in [3.8, 4) is 5.75 Å². The zero-order valence-electron chi connectivity index (χ0n) is 21.7. The zero-order valence-corrected chi connectivity index (χ0v) is 23.3. The van der Waals surface area contributed by atoms with Gasteiger partial charge in [-0.15, -0.1) is 0 Å². The molecule has 0 aromatic heterocycles. The number of carbonyl (C=O) groups is 3. The van der Waals surface area contributed by atoms with Crippen LogP contribution in [-0.2, 0) is 14.4 Å². The van der Waals surface area contributed by atoms with Crippen molar-refractivity contribution in [2.45, 2.75) is 58.3 Å². The number of hydrogen-bond donors (Lipinski definition) is 1. The van der Waals surface area contributed by atoms with E-state index in [9.17, 15) is 14.4 Å². The largest absolute Gasteiger partial charge is 0.481 e. The van der Waals surface area contributed by atoms with E-state index in [-0.39, 0.29) is 39.9 Å². The minimum Gasteiger partial charge on any atom is -0.481 e. The third kappa shape index (κ3) is 4.76. The highest BCUT2D eigenvalue weighted by molar-refractivity contribution is 6.37. The average molecular weight is 553 g/mol. The van der Waals surface area contributed by atoms with Crippen molar-refractivity contribution in [1.29, 1.82) is 0 Å². The summed E-state index contributed by atoms with van der Waals surface area (Å²) in [5.41, 5.74) is 6.76. The molecule has 2 aromatic rings. The summed E-state index contributed by atoms with van der Waals surface area (Å²) >= 11 is 13.3. The molecule has 0 saturated carbocycles. The molecule has 0 atom stereocenters. The number of allylic oxidation sites excluding steroid dienone is 4. The normalized spacial score (nSPS) is 18.0. The Hall–Kier alpha value is -3.09. The molecule has 1 amide bonds. The number of ether oxygens (including phenoxy) is 1. The van der Waals surface area contributed by atoms with Crippen LogP contribution in [0.3, 0.4) is 0 Å². The van der Waals surface area contributed by atoms with Crippen LogP contribution in [0.5, 0.6) is 5.75 Å². The van der Waals surface area contributed by atoms with Gasteiger partial charge in [0, 0.05) is 54.0 Å². The van der Waals surface area contributed by atoms with Crippen LogP contribution in [-0.4, -0.2) is 36.0 Å². The van der Waals surface area contributed by atoms with E-state index in [1.54, 1.807) is 12.1 Å². The Morgan fingerprint density at radius 1 is 0.974 bits per heavy atom. The maximum atomic E-state index is 13.2. The monoisotopic (exact) mass is 552 g/mol. The van der Waals surface area contributed by atoms with Gasteiger partial charge in [0.05, 0.1) is 10.0 Å². The fourth-order valence-corrected chi connectivity index (χ4v) is 6.39. The van der Waals surface area contributed by atoms with E-state index in [0.717, 1.165) is 53.9 Å². The lowest BCUT2D eigenvalue weighted by atomic mass is 9.71. The Morgan fingerprint density at radius 2 is 1.55 bits per heavy atom. The summed E-state index contributed by atoms with van der Waals surface area (Å²) < 4.78 is 5.74. The number of carbonyl (C=O) groups excluding carboxylic acids is 3. The predicted molar refractivity (Wildman–Crippen MR) is 149 cm³/mol. The van der Waals surface area contributed by atoms with Crippen molar-refractivity contribution in [2.75, 3.05) is 19.0 Å². The molecule has 0 unspecified atom stereocenters.